The molecule has 1 aromatic carbocycles. The van der Waals surface area contributed by atoms with Crippen molar-refractivity contribution >= 4 is 15.9 Å². The molecule has 100 valence electrons. The van der Waals surface area contributed by atoms with Crippen LogP contribution in [-0.4, -0.2) is 23.2 Å². The summed E-state index contributed by atoms with van der Waals surface area (Å²) in [5.74, 6) is 2.00. The van der Waals surface area contributed by atoms with E-state index >= 15 is 0 Å². The third-order valence-corrected chi connectivity index (χ3v) is 3.98. The van der Waals surface area contributed by atoms with Gasteiger partial charge in [-0.1, -0.05) is 33.2 Å². The average Bonchev–Trinajstić information content (AvgIpc) is 2.91. The molecule has 3 rings (SSSR count). The molecule has 0 amide bonds. The van der Waals surface area contributed by atoms with Crippen LogP contribution >= 0.6 is 15.9 Å². The molecule has 0 radical (unpaired) electrons. The van der Waals surface area contributed by atoms with Crippen LogP contribution < -0.4 is 5.32 Å². The molecule has 1 N–H and O–H groups in total. The minimum atomic E-state index is 0.424. The number of nitrogens with zero attached hydrogens (tertiary/aromatic N) is 2. The summed E-state index contributed by atoms with van der Waals surface area (Å²) < 4.78 is 6.49. The molecule has 4 nitrogen and oxygen atoms in total. The summed E-state index contributed by atoms with van der Waals surface area (Å²) in [4.78, 5) is 4.53. The zero-order valence-electron chi connectivity index (χ0n) is 10.6. The zero-order valence-corrected chi connectivity index (χ0v) is 12.2. The van der Waals surface area contributed by atoms with E-state index in [1.165, 1.54) is 5.56 Å². The van der Waals surface area contributed by atoms with E-state index in [4.69, 9.17) is 4.52 Å². The summed E-state index contributed by atoms with van der Waals surface area (Å²) in [6.07, 6.45) is 2.89. The van der Waals surface area contributed by atoms with Gasteiger partial charge in [0.05, 0.1) is 0 Å². The predicted octanol–water partition coefficient (Wildman–Crippen LogP) is 2.89. The third-order valence-electron chi connectivity index (χ3n) is 3.45. The SMILES string of the molecule is Brc1ccc(Cc2noc(C3CCNCC3)n2)cc1. The van der Waals surface area contributed by atoms with Crippen molar-refractivity contribution < 1.29 is 4.52 Å². The lowest BCUT2D eigenvalue weighted by atomic mass is 9.98. The molecule has 1 aliphatic heterocycles. The predicted molar refractivity (Wildman–Crippen MR) is 76.1 cm³/mol. The lowest BCUT2D eigenvalue weighted by Crippen LogP contribution is -2.26. The van der Waals surface area contributed by atoms with Gasteiger partial charge >= 0.3 is 0 Å². The second-order valence-electron chi connectivity index (χ2n) is 4.88. The Balaban J connectivity index is 1.68. The molecule has 1 saturated heterocycles. The van der Waals surface area contributed by atoms with Crippen LogP contribution in [0.1, 0.15) is 36.0 Å². The fraction of sp³-hybridized carbons (Fsp3) is 0.429. The Morgan fingerprint density at radius 2 is 1.95 bits per heavy atom. The normalized spacial score (nSPS) is 16.7. The van der Waals surface area contributed by atoms with Gasteiger partial charge in [-0.25, -0.2) is 0 Å². The molecular weight excluding hydrogens is 306 g/mol. The lowest BCUT2D eigenvalue weighted by Gasteiger charge is -2.18. The summed E-state index contributed by atoms with van der Waals surface area (Å²) >= 11 is 3.43. The van der Waals surface area contributed by atoms with E-state index in [0.717, 1.165) is 48.5 Å². The molecule has 2 heterocycles. The fourth-order valence-electron chi connectivity index (χ4n) is 2.36. The molecule has 19 heavy (non-hydrogen) atoms. The van der Waals surface area contributed by atoms with Crippen molar-refractivity contribution in [2.75, 3.05) is 13.1 Å². The Bertz CT molecular complexity index is 532. The number of hydrogen-bond donors (Lipinski definition) is 1. The summed E-state index contributed by atoms with van der Waals surface area (Å²) in [7, 11) is 0. The zero-order chi connectivity index (χ0) is 13.1. The van der Waals surface area contributed by atoms with Crippen LogP contribution in [-0.2, 0) is 6.42 Å². The van der Waals surface area contributed by atoms with Crippen molar-refractivity contribution in [3.63, 3.8) is 0 Å². The van der Waals surface area contributed by atoms with Gasteiger partial charge in [0.1, 0.15) is 0 Å². The van der Waals surface area contributed by atoms with Crippen molar-refractivity contribution in [2.24, 2.45) is 0 Å². The maximum absolute atomic E-state index is 5.40. The molecule has 0 atom stereocenters. The fourth-order valence-corrected chi connectivity index (χ4v) is 2.62. The van der Waals surface area contributed by atoms with Crippen LogP contribution in [0, 0.1) is 0 Å². The van der Waals surface area contributed by atoms with E-state index < -0.39 is 0 Å². The Kier molecular flexibility index (Phi) is 3.94. The highest BCUT2D eigenvalue weighted by atomic mass is 79.9. The summed E-state index contributed by atoms with van der Waals surface area (Å²) in [5, 5.41) is 7.43. The highest BCUT2D eigenvalue weighted by Crippen LogP contribution is 2.23. The van der Waals surface area contributed by atoms with Crippen LogP contribution in [0.15, 0.2) is 33.3 Å². The summed E-state index contributed by atoms with van der Waals surface area (Å²) in [5.41, 5.74) is 1.20. The Morgan fingerprint density at radius 3 is 2.68 bits per heavy atom. The van der Waals surface area contributed by atoms with Crippen LogP contribution in [0.25, 0.3) is 0 Å². The van der Waals surface area contributed by atoms with Crippen molar-refractivity contribution in [2.45, 2.75) is 25.2 Å². The van der Waals surface area contributed by atoms with E-state index in [2.05, 4.69) is 43.5 Å². The van der Waals surface area contributed by atoms with Gasteiger partial charge in [0.25, 0.3) is 0 Å². The number of hydrogen-bond acceptors (Lipinski definition) is 4. The van der Waals surface area contributed by atoms with Crippen LogP contribution in [0.5, 0.6) is 0 Å². The van der Waals surface area contributed by atoms with Gasteiger partial charge in [-0.05, 0) is 43.6 Å². The summed E-state index contributed by atoms with van der Waals surface area (Å²) in [6, 6.07) is 8.21. The van der Waals surface area contributed by atoms with Gasteiger partial charge in [0.15, 0.2) is 5.82 Å². The van der Waals surface area contributed by atoms with Crippen molar-refractivity contribution in [3.05, 3.63) is 46.0 Å². The molecule has 1 aliphatic rings. The molecule has 2 aromatic rings. The number of aromatic nitrogens is 2. The molecule has 0 aliphatic carbocycles. The molecule has 0 saturated carbocycles. The van der Waals surface area contributed by atoms with Crippen LogP contribution in [0.3, 0.4) is 0 Å². The molecular formula is C14H16BrN3O. The van der Waals surface area contributed by atoms with E-state index in [1.807, 2.05) is 12.1 Å². The number of rotatable bonds is 3. The number of nitrogens with one attached hydrogen (secondary N) is 1. The van der Waals surface area contributed by atoms with Gasteiger partial charge in [-0.3, -0.25) is 0 Å². The van der Waals surface area contributed by atoms with Crippen molar-refractivity contribution in [3.8, 4) is 0 Å². The highest BCUT2D eigenvalue weighted by Gasteiger charge is 2.21. The molecule has 0 bridgehead atoms. The smallest absolute Gasteiger partial charge is 0.229 e. The van der Waals surface area contributed by atoms with Gasteiger partial charge in [0, 0.05) is 16.8 Å². The standard InChI is InChI=1S/C14H16BrN3O/c15-12-3-1-10(2-4-12)9-13-17-14(19-18-13)11-5-7-16-8-6-11/h1-4,11,16H,5-9H2. The molecule has 1 aromatic heterocycles. The quantitative estimate of drug-likeness (QED) is 0.944. The highest BCUT2D eigenvalue weighted by molar-refractivity contribution is 9.10. The minimum Gasteiger partial charge on any atom is -0.339 e. The summed E-state index contributed by atoms with van der Waals surface area (Å²) in [6.45, 7) is 2.07. The van der Waals surface area contributed by atoms with E-state index in [1.54, 1.807) is 0 Å². The first-order valence-electron chi connectivity index (χ1n) is 6.59. The average molecular weight is 322 g/mol. The van der Waals surface area contributed by atoms with Crippen molar-refractivity contribution in [1.82, 2.24) is 15.5 Å². The second kappa shape index (κ2) is 5.84. The van der Waals surface area contributed by atoms with Gasteiger partial charge in [-0.15, -0.1) is 0 Å². The van der Waals surface area contributed by atoms with E-state index in [9.17, 15) is 0 Å². The second-order valence-corrected chi connectivity index (χ2v) is 5.79. The van der Waals surface area contributed by atoms with Crippen LogP contribution in [0.2, 0.25) is 0 Å². The van der Waals surface area contributed by atoms with Crippen LogP contribution in [0.4, 0.5) is 0 Å². The Labute approximate surface area is 120 Å². The molecule has 0 unspecified atom stereocenters. The number of halogens is 1. The first-order chi connectivity index (χ1) is 9.31. The number of piperidine rings is 1. The molecule has 5 heteroatoms. The number of benzene rings is 1. The van der Waals surface area contributed by atoms with E-state index in [-0.39, 0.29) is 0 Å². The first-order valence-corrected chi connectivity index (χ1v) is 7.38. The lowest BCUT2D eigenvalue weighted by molar-refractivity contribution is 0.318. The maximum Gasteiger partial charge on any atom is 0.229 e. The topological polar surface area (TPSA) is 51.0 Å². The Morgan fingerprint density at radius 1 is 1.21 bits per heavy atom. The minimum absolute atomic E-state index is 0.424. The molecule has 0 spiro atoms. The first kappa shape index (κ1) is 12.8. The Hall–Kier alpha value is -1.20. The largest absolute Gasteiger partial charge is 0.339 e. The van der Waals surface area contributed by atoms with Gasteiger partial charge in [-0.2, -0.15) is 4.98 Å². The van der Waals surface area contributed by atoms with Gasteiger partial charge in [0.2, 0.25) is 5.89 Å². The van der Waals surface area contributed by atoms with Crippen molar-refractivity contribution in [1.29, 1.82) is 0 Å². The molecule has 1 fully saturated rings. The maximum atomic E-state index is 5.40. The van der Waals surface area contributed by atoms with E-state index in [0.29, 0.717) is 5.92 Å². The third kappa shape index (κ3) is 3.22. The van der Waals surface area contributed by atoms with Gasteiger partial charge < -0.3 is 9.84 Å². The monoisotopic (exact) mass is 321 g/mol.